The van der Waals surface area contributed by atoms with Gasteiger partial charge in [-0.2, -0.15) is 0 Å². The molecule has 1 amide bonds. The lowest BCUT2D eigenvalue weighted by molar-refractivity contribution is -0.133. The lowest BCUT2D eigenvalue weighted by Crippen LogP contribution is -2.48. The molecule has 1 saturated heterocycles. The number of nitrogens with zero attached hydrogens (tertiary/aromatic N) is 1. The van der Waals surface area contributed by atoms with Crippen LogP contribution in [-0.4, -0.2) is 43.0 Å². The molecule has 0 radical (unpaired) electrons. The zero-order valence-corrected chi connectivity index (χ0v) is 9.64. The quantitative estimate of drug-likeness (QED) is 0.689. The van der Waals surface area contributed by atoms with E-state index in [0.717, 1.165) is 25.9 Å². The Morgan fingerprint density at radius 2 is 2.00 bits per heavy atom. The zero-order chi connectivity index (χ0) is 9.84. The number of halogens is 1. The Morgan fingerprint density at radius 1 is 1.50 bits per heavy atom. The highest BCUT2D eigenvalue weighted by molar-refractivity contribution is 5.85. The standard InChI is InChI=1S/C9H19N3O.ClH/c1-7(10)9(13)12-5-3-8(11-2)4-6-12;/h7-8,11H,3-6,10H2,1-2H3;1H/t7-;/m1./s1. The molecule has 1 heterocycles. The second kappa shape index (κ2) is 6.22. The lowest BCUT2D eigenvalue weighted by atomic mass is 10.0. The van der Waals surface area contributed by atoms with Gasteiger partial charge in [0.1, 0.15) is 0 Å². The number of hydrogen-bond acceptors (Lipinski definition) is 3. The fourth-order valence-corrected chi connectivity index (χ4v) is 1.68. The van der Waals surface area contributed by atoms with Crippen molar-refractivity contribution in [1.82, 2.24) is 10.2 Å². The van der Waals surface area contributed by atoms with Crippen LogP contribution in [-0.2, 0) is 4.79 Å². The van der Waals surface area contributed by atoms with Crippen LogP contribution in [0.1, 0.15) is 19.8 Å². The first-order valence-electron chi connectivity index (χ1n) is 4.86. The van der Waals surface area contributed by atoms with Gasteiger partial charge in [0.2, 0.25) is 5.91 Å². The summed E-state index contributed by atoms with van der Waals surface area (Å²) in [5.41, 5.74) is 5.53. The van der Waals surface area contributed by atoms with E-state index >= 15 is 0 Å². The van der Waals surface area contributed by atoms with E-state index in [9.17, 15) is 4.79 Å². The largest absolute Gasteiger partial charge is 0.341 e. The summed E-state index contributed by atoms with van der Waals surface area (Å²) >= 11 is 0. The van der Waals surface area contributed by atoms with Gasteiger partial charge in [-0.05, 0) is 26.8 Å². The average Bonchev–Trinajstić information content (AvgIpc) is 2.17. The number of carbonyl (C=O) groups is 1. The smallest absolute Gasteiger partial charge is 0.239 e. The van der Waals surface area contributed by atoms with E-state index in [1.54, 1.807) is 6.92 Å². The highest BCUT2D eigenvalue weighted by atomic mass is 35.5. The highest BCUT2D eigenvalue weighted by Crippen LogP contribution is 2.10. The van der Waals surface area contributed by atoms with Gasteiger partial charge >= 0.3 is 0 Å². The van der Waals surface area contributed by atoms with Crippen molar-refractivity contribution in [2.75, 3.05) is 20.1 Å². The van der Waals surface area contributed by atoms with E-state index in [1.807, 2.05) is 11.9 Å². The van der Waals surface area contributed by atoms with Gasteiger partial charge in [-0.15, -0.1) is 12.4 Å². The predicted octanol–water partition coefficient (Wildman–Crippen LogP) is -0.0342. The molecular formula is C9H20ClN3O. The molecule has 0 saturated carbocycles. The van der Waals surface area contributed by atoms with Crippen molar-refractivity contribution in [2.24, 2.45) is 5.73 Å². The van der Waals surface area contributed by atoms with E-state index in [1.165, 1.54) is 0 Å². The lowest BCUT2D eigenvalue weighted by Gasteiger charge is -2.32. The molecule has 0 unspecified atom stereocenters. The van der Waals surface area contributed by atoms with E-state index < -0.39 is 0 Å². The second-order valence-electron chi connectivity index (χ2n) is 3.68. The summed E-state index contributed by atoms with van der Waals surface area (Å²) in [5.74, 6) is 0.0783. The maximum Gasteiger partial charge on any atom is 0.239 e. The Kier molecular flexibility index (Phi) is 6.08. The molecule has 0 aromatic rings. The number of hydrogen-bond donors (Lipinski definition) is 2. The summed E-state index contributed by atoms with van der Waals surface area (Å²) in [4.78, 5) is 13.3. The topological polar surface area (TPSA) is 58.4 Å². The minimum atomic E-state index is -0.355. The molecule has 0 bridgehead atoms. The van der Waals surface area contributed by atoms with Gasteiger partial charge in [-0.1, -0.05) is 0 Å². The van der Waals surface area contributed by atoms with Crippen LogP contribution in [0.2, 0.25) is 0 Å². The molecule has 0 aromatic heterocycles. The zero-order valence-electron chi connectivity index (χ0n) is 8.82. The number of amides is 1. The van der Waals surface area contributed by atoms with Crippen LogP contribution >= 0.6 is 12.4 Å². The van der Waals surface area contributed by atoms with Gasteiger partial charge in [0, 0.05) is 19.1 Å². The van der Waals surface area contributed by atoms with Crippen LogP contribution in [0.15, 0.2) is 0 Å². The van der Waals surface area contributed by atoms with Crippen molar-refractivity contribution in [2.45, 2.75) is 31.8 Å². The van der Waals surface area contributed by atoms with Gasteiger partial charge in [0.05, 0.1) is 6.04 Å². The van der Waals surface area contributed by atoms with E-state index in [-0.39, 0.29) is 24.4 Å². The minimum Gasteiger partial charge on any atom is -0.341 e. The monoisotopic (exact) mass is 221 g/mol. The molecule has 0 aromatic carbocycles. The number of likely N-dealkylation sites (tertiary alicyclic amines) is 1. The fourth-order valence-electron chi connectivity index (χ4n) is 1.68. The second-order valence-corrected chi connectivity index (χ2v) is 3.68. The maximum absolute atomic E-state index is 11.5. The Balaban J connectivity index is 0.00000169. The van der Waals surface area contributed by atoms with Gasteiger partial charge in [-0.25, -0.2) is 0 Å². The minimum absolute atomic E-state index is 0. The molecule has 1 aliphatic rings. The fraction of sp³-hybridized carbons (Fsp3) is 0.889. The molecule has 1 fully saturated rings. The van der Waals surface area contributed by atoms with Gasteiger partial charge in [0.15, 0.2) is 0 Å². The summed E-state index contributed by atoms with van der Waals surface area (Å²) in [6, 6.07) is 0.211. The van der Waals surface area contributed by atoms with Crippen LogP contribution in [0, 0.1) is 0 Å². The first-order valence-corrected chi connectivity index (χ1v) is 4.86. The third kappa shape index (κ3) is 3.44. The molecule has 0 aliphatic carbocycles. The summed E-state index contributed by atoms with van der Waals surface area (Å²) in [7, 11) is 1.97. The van der Waals surface area contributed by atoms with Crippen LogP contribution in [0.5, 0.6) is 0 Å². The predicted molar refractivity (Wildman–Crippen MR) is 59.6 cm³/mol. The number of carbonyl (C=O) groups excluding carboxylic acids is 1. The Hall–Kier alpha value is -0.320. The normalized spacial score (nSPS) is 20.1. The van der Waals surface area contributed by atoms with E-state index in [0.29, 0.717) is 6.04 Å². The third-order valence-electron chi connectivity index (χ3n) is 2.60. The Bertz CT molecular complexity index is 179. The molecular weight excluding hydrogens is 202 g/mol. The molecule has 3 N–H and O–H groups in total. The summed E-state index contributed by atoms with van der Waals surface area (Å²) in [6.07, 6.45) is 2.07. The van der Waals surface area contributed by atoms with Gasteiger partial charge < -0.3 is 16.0 Å². The van der Waals surface area contributed by atoms with Crippen LogP contribution < -0.4 is 11.1 Å². The molecule has 14 heavy (non-hydrogen) atoms. The summed E-state index contributed by atoms with van der Waals surface area (Å²) < 4.78 is 0. The van der Waals surface area contributed by atoms with Crippen molar-refractivity contribution < 1.29 is 4.79 Å². The Morgan fingerprint density at radius 3 is 2.36 bits per heavy atom. The molecule has 5 heteroatoms. The SMILES string of the molecule is CNC1CCN(C(=O)[C@@H](C)N)CC1.Cl. The molecule has 1 rings (SSSR count). The number of rotatable bonds is 2. The van der Waals surface area contributed by atoms with Gasteiger partial charge in [-0.3, -0.25) is 4.79 Å². The molecule has 1 atom stereocenters. The molecule has 0 spiro atoms. The maximum atomic E-state index is 11.5. The van der Waals surface area contributed by atoms with Crippen molar-refractivity contribution >= 4 is 18.3 Å². The number of nitrogens with one attached hydrogen (secondary N) is 1. The number of nitrogens with two attached hydrogens (primary N) is 1. The van der Waals surface area contributed by atoms with Crippen molar-refractivity contribution in [3.8, 4) is 0 Å². The van der Waals surface area contributed by atoms with Crippen LogP contribution in [0.25, 0.3) is 0 Å². The first-order chi connectivity index (χ1) is 6.15. The summed E-state index contributed by atoms with van der Waals surface area (Å²) in [6.45, 7) is 3.42. The average molecular weight is 222 g/mol. The first kappa shape index (κ1) is 13.7. The number of piperidine rings is 1. The van der Waals surface area contributed by atoms with Crippen molar-refractivity contribution in [3.63, 3.8) is 0 Å². The van der Waals surface area contributed by atoms with Crippen LogP contribution in [0.4, 0.5) is 0 Å². The van der Waals surface area contributed by atoms with Crippen molar-refractivity contribution in [1.29, 1.82) is 0 Å². The molecule has 1 aliphatic heterocycles. The van der Waals surface area contributed by atoms with Crippen LogP contribution in [0.3, 0.4) is 0 Å². The summed E-state index contributed by atoms with van der Waals surface area (Å²) in [5, 5.41) is 3.22. The van der Waals surface area contributed by atoms with E-state index in [4.69, 9.17) is 5.73 Å². The van der Waals surface area contributed by atoms with Crippen molar-refractivity contribution in [3.05, 3.63) is 0 Å². The molecule has 4 nitrogen and oxygen atoms in total. The van der Waals surface area contributed by atoms with Gasteiger partial charge in [0.25, 0.3) is 0 Å². The Labute approximate surface area is 91.6 Å². The van der Waals surface area contributed by atoms with E-state index in [2.05, 4.69) is 5.32 Å². The third-order valence-corrected chi connectivity index (χ3v) is 2.60. The highest BCUT2D eigenvalue weighted by Gasteiger charge is 2.23. The molecule has 84 valence electrons.